The summed E-state index contributed by atoms with van der Waals surface area (Å²) in [4.78, 5) is 33.5. The van der Waals surface area contributed by atoms with Gasteiger partial charge < -0.3 is 20.9 Å². The number of sulfone groups is 1. The fraction of sp³-hybridized carbons (Fsp3) is 0.267. The topological polar surface area (TPSA) is 162 Å². The van der Waals surface area contributed by atoms with Gasteiger partial charge in [-0.05, 0) is 67.9 Å². The number of nitrogens with zero attached hydrogens (tertiary/aromatic N) is 2. The van der Waals surface area contributed by atoms with Gasteiger partial charge >= 0.3 is 6.18 Å². The molecule has 2 amide bonds. The number of ether oxygens (including phenoxy) is 1. The van der Waals surface area contributed by atoms with Gasteiger partial charge in [0.2, 0.25) is 11.5 Å². The number of nitrogens with two attached hydrogens (primary N) is 1. The molecule has 1 aliphatic rings. The smallest absolute Gasteiger partial charge is 0.424 e. The molecule has 10 nitrogen and oxygen atoms in total. The zero-order chi connectivity index (χ0) is 33.1. The Morgan fingerprint density at radius 2 is 1.80 bits per heavy atom. The summed E-state index contributed by atoms with van der Waals surface area (Å²) in [6.45, 7) is 1.23. The molecule has 2 aromatic carbocycles. The highest BCUT2D eigenvalue weighted by Gasteiger charge is 2.57. The molecule has 45 heavy (non-hydrogen) atoms. The second-order valence-electron chi connectivity index (χ2n) is 11.1. The first-order valence-electron chi connectivity index (χ1n) is 13.3. The van der Waals surface area contributed by atoms with Crippen molar-refractivity contribution in [1.29, 1.82) is 0 Å². The Balaban J connectivity index is 1.61. The molecular weight excluding hydrogens is 620 g/mol. The van der Waals surface area contributed by atoms with Crippen LogP contribution in [0.25, 0.3) is 22.2 Å². The molecule has 0 aliphatic carbocycles. The van der Waals surface area contributed by atoms with Gasteiger partial charge in [-0.25, -0.2) is 17.8 Å². The van der Waals surface area contributed by atoms with E-state index in [9.17, 15) is 40.7 Å². The zero-order valence-electron chi connectivity index (χ0n) is 24.0. The second-order valence-corrected chi connectivity index (χ2v) is 13.1. The van der Waals surface area contributed by atoms with E-state index in [1.165, 1.54) is 31.3 Å². The first-order valence-corrected chi connectivity index (χ1v) is 15.2. The standard InChI is InChI=1S/C30H26F4N4O6S/c1-15-8-17-9-18(10-21(45(3,42)43)23(17)36-12-15)26(39)37-13-29(41,30(32,33)34)22-11-20-25(44-14-28(20,2)27(35)40)24(38-22)16-4-6-19(31)7-5-16/h4-12,41H,13-14H2,1-3H3,(H2,35,40)(H,37,39)/t28-,29-/m0/s1. The minimum atomic E-state index is -5.44. The molecule has 5 rings (SSSR count). The number of hydrogen-bond acceptors (Lipinski definition) is 8. The van der Waals surface area contributed by atoms with E-state index in [2.05, 4.69) is 9.97 Å². The van der Waals surface area contributed by atoms with Crippen molar-refractivity contribution in [2.45, 2.75) is 35.9 Å². The fourth-order valence-corrected chi connectivity index (χ4v) is 5.85. The van der Waals surface area contributed by atoms with Crippen molar-refractivity contribution in [3.8, 4) is 17.0 Å². The van der Waals surface area contributed by atoms with Crippen molar-refractivity contribution in [2.75, 3.05) is 19.4 Å². The number of aliphatic hydroxyl groups is 1. The SMILES string of the molecule is Cc1cnc2c(S(C)(=O)=O)cc(C(=O)NC[C@](O)(c3cc4c(c(-c5ccc(F)cc5)n3)OC[C@]4(C)C(N)=O)C(F)(F)F)cc2c1. The van der Waals surface area contributed by atoms with Crippen molar-refractivity contribution in [1.82, 2.24) is 15.3 Å². The minimum absolute atomic E-state index is 0.0711. The summed E-state index contributed by atoms with van der Waals surface area (Å²) < 4.78 is 88.4. The summed E-state index contributed by atoms with van der Waals surface area (Å²) >= 11 is 0. The van der Waals surface area contributed by atoms with Crippen LogP contribution in [-0.4, -0.2) is 60.9 Å². The molecular formula is C30H26F4N4O6S. The van der Waals surface area contributed by atoms with Crippen LogP contribution in [-0.2, 0) is 25.6 Å². The van der Waals surface area contributed by atoms with Gasteiger partial charge in [0, 0.05) is 34.5 Å². The van der Waals surface area contributed by atoms with Crippen LogP contribution < -0.4 is 15.8 Å². The Morgan fingerprint density at radius 1 is 1.13 bits per heavy atom. The van der Waals surface area contributed by atoms with Crippen LogP contribution in [0.1, 0.15) is 34.1 Å². The molecule has 2 atom stereocenters. The maximum Gasteiger partial charge on any atom is 0.424 e. The number of hydrogen-bond donors (Lipinski definition) is 3. The largest absolute Gasteiger partial charge is 0.489 e. The number of benzene rings is 2. The molecule has 1 aliphatic heterocycles. The lowest BCUT2D eigenvalue weighted by atomic mass is 9.81. The Bertz CT molecular complexity index is 1990. The van der Waals surface area contributed by atoms with E-state index in [1.807, 2.05) is 5.32 Å². The Kier molecular flexibility index (Phi) is 7.61. The van der Waals surface area contributed by atoms with E-state index in [0.29, 0.717) is 5.56 Å². The molecule has 4 N–H and O–H groups in total. The molecule has 0 radical (unpaired) electrons. The van der Waals surface area contributed by atoms with Crippen molar-refractivity contribution in [3.63, 3.8) is 0 Å². The average Bonchev–Trinajstić information content (AvgIpc) is 3.31. The van der Waals surface area contributed by atoms with Crippen LogP contribution in [0.5, 0.6) is 5.75 Å². The Hall–Kier alpha value is -4.63. The van der Waals surface area contributed by atoms with Crippen LogP contribution in [0, 0.1) is 12.7 Å². The number of carbonyl (C=O) groups excluding carboxylic acids is 2. The summed E-state index contributed by atoms with van der Waals surface area (Å²) in [5.74, 6) is -2.76. The first-order chi connectivity index (χ1) is 20.8. The van der Waals surface area contributed by atoms with Gasteiger partial charge in [0.25, 0.3) is 5.91 Å². The number of carbonyl (C=O) groups is 2. The molecule has 0 saturated heterocycles. The third-order valence-corrected chi connectivity index (χ3v) is 8.79. The van der Waals surface area contributed by atoms with Gasteiger partial charge in [-0.1, -0.05) is 0 Å². The molecule has 0 fully saturated rings. The van der Waals surface area contributed by atoms with Crippen molar-refractivity contribution >= 4 is 32.6 Å². The highest BCUT2D eigenvalue weighted by atomic mass is 32.2. The molecule has 0 unspecified atom stereocenters. The minimum Gasteiger partial charge on any atom is -0.489 e. The van der Waals surface area contributed by atoms with Crippen LogP contribution >= 0.6 is 0 Å². The third kappa shape index (κ3) is 5.57. The number of alkyl halides is 3. The van der Waals surface area contributed by atoms with Gasteiger partial charge in [0.1, 0.15) is 29.3 Å². The van der Waals surface area contributed by atoms with E-state index in [0.717, 1.165) is 30.5 Å². The maximum absolute atomic E-state index is 14.7. The highest BCUT2D eigenvalue weighted by Crippen LogP contribution is 2.47. The summed E-state index contributed by atoms with van der Waals surface area (Å²) in [7, 11) is -3.92. The van der Waals surface area contributed by atoms with Crippen LogP contribution in [0.3, 0.4) is 0 Å². The van der Waals surface area contributed by atoms with Crippen LogP contribution in [0.4, 0.5) is 17.6 Å². The monoisotopic (exact) mass is 646 g/mol. The van der Waals surface area contributed by atoms with Crippen molar-refractivity contribution in [2.24, 2.45) is 5.73 Å². The van der Waals surface area contributed by atoms with Gasteiger partial charge in [0.05, 0.1) is 22.7 Å². The lowest BCUT2D eigenvalue weighted by Gasteiger charge is -2.31. The van der Waals surface area contributed by atoms with E-state index in [-0.39, 0.29) is 50.5 Å². The predicted octanol–water partition coefficient (Wildman–Crippen LogP) is 3.46. The van der Waals surface area contributed by atoms with E-state index >= 15 is 0 Å². The summed E-state index contributed by atoms with van der Waals surface area (Å²) in [5.41, 5.74) is -0.665. The molecule has 0 spiro atoms. The quantitative estimate of drug-likeness (QED) is 0.257. The van der Waals surface area contributed by atoms with Gasteiger partial charge in [0.15, 0.2) is 9.84 Å². The second kappa shape index (κ2) is 10.8. The molecule has 0 bridgehead atoms. The van der Waals surface area contributed by atoms with E-state index in [4.69, 9.17) is 10.5 Å². The number of aromatic nitrogens is 2. The van der Waals surface area contributed by atoms with Crippen molar-refractivity contribution in [3.05, 3.63) is 82.9 Å². The highest BCUT2D eigenvalue weighted by molar-refractivity contribution is 7.91. The van der Waals surface area contributed by atoms with Crippen molar-refractivity contribution < 1.29 is 45.4 Å². The van der Waals surface area contributed by atoms with Gasteiger partial charge in [-0.2, -0.15) is 13.2 Å². The van der Waals surface area contributed by atoms with E-state index < -0.39 is 56.9 Å². The number of fused-ring (bicyclic) bond motifs is 2. The van der Waals surface area contributed by atoms with Gasteiger partial charge in [-0.15, -0.1) is 0 Å². The summed E-state index contributed by atoms with van der Waals surface area (Å²) in [6, 6.07) is 9.19. The number of aryl methyl sites for hydroxylation is 1. The Labute approximate surface area is 254 Å². The molecule has 15 heteroatoms. The Morgan fingerprint density at radius 3 is 2.40 bits per heavy atom. The zero-order valence-corrected chi connectivity index (χ0v) is 24.8. The van der Waals surface area contributed by atoms with Gasteiger partial charge in [-0.3, -0.25) is 14.6 Å². The fourth-order valence-electron chi connectivity index (χ4n) is 4.99. The summed E-state index contributed by atoms with van der Waals surface area (Å²) in [5, 5.41) is 13.5. The number of amides is 2. The lowest BCUT2D eigenvalue weighted by molar-refractivity contribution is -0.265. The summed E-state index contributed by atoms with van der Waals surface area (Å²) in [6.07, 6.45) is -3.11. The normalized spacial score (nSPS) is 17.8. The number of nitrogens with one attached hydrogen (secondary N) is 1. The number of primary amides is 1. The number of rotatable bonds is 7. The molecule has 236 valence electrons. The molecule has 4 aromatic rings. The average molecular weight is 647 g/mol. The van der Waals surface area contributed by atoms with E-state index in [1.54, 1.807) is 13.0 Å². The predicted molar refractivity (Wildman–Crippen MR) is 154 cm³/mol. The van der Waals surface area contributed by atoms with Crippen LogP contribution in [0.2, 0.25) is 0 Å². The molecule has 3 heterocycles. The number of halogens is 4. The third-order valence-electron chi connectivity index (χ3n) is 7.68. The lowest BCUT2D eigenvalue weighted by Crippen LogP contribution is -2.51. The first kappa shape index (κ1) is 31.8. The number of pyridine rings is 2. The van der Waals surface area contributed by atoms with Crippen LogP contribution in [0.15, 0.2) is 59.6 Å². The molecule has 2 aromatic heterocycles. The maximum atomic E-state index is 14.7. The molecule has 0 saturated carbocycles.